The molecule has 1 fully saturated rings. The molecule has 1 aliphatic heterocycles. The van der Waals surface area contributed by atoms with Crippen molar-refractivity contribution in [1.29, 1.82) is 0 Å². The van der Waals surface area contributed by atoms with Gasteiger partial charge in [0.25, 0.3) is 11.5 Å². The highest BCUT2D eigenvalue weighted by atomic mass is 32.1. The van der Waals surface area contributed by atoms with Gasteiger partial charge >= 0.3 is 5.69 Å². The number of aryl methyl sites for hydroxylation is 1. The molecule has 0 unspecified atom stereocenters. The number of aromatic nitrogens is 5. The number of nitrogens with zero attached hydrogens (tertiary/aromatic N) is 5. The fraction of sp³-hybridized carbons (Fsp3) is 0.471. The van der Waals surface area contributed by atoms with Crippen LogP contribution >= 0.6 is 11.3 Å². The van der Waals surface area contributed by atoms with E-state index in [0.29, 0.717) is 0 Å². The van der Waals surface area contributed by atoms with Crippen molar-refractivity contribution in [2.45, 2.75) is 30.9 Å². The fourth-order valence-electron chi connectivity index (χ4n) is 3.50. The minimum Gasteiger partial charge on any atom is -0.388 e. The number of rotatable bonds is 4. The van der Waals surface area contributed by atoms with Crippen molar-refractivity contribution in [3.63, 3.8) is 0 Å². The number of fused-ring (bicyclic) bond motifs is 1. The summed E-state index contributed by atoms with van der Waals surface area (Å²) in [7, 11) is 2.88. The Morgan fingerprint density at radius 2 is 2.03 bits per heavy atom. The summed E-state index contributed by atoms with van der Waals surface area (Å²) < 4.78 is 9.44. The van der Waals surface area contributed by atoms with E-state index in [9.17, 15) is 24.6 Å². The lowest BCUT2D eigenvalue weighted by molar-refractivity contribution is -0.152. The van der Waals surface area contributed by atoms with Gasteiger partial charge in [-0.3, -0.25) is 18.7 Å². The smallest absolute Gasteiger partial charge is 0.332 e. The predicted octanol–water partition coefficient (Wildman–Crippen LogP) is -2.19. The molecule has 160 valence electrons. The van der Waals surface area contributed by atoms with Gasteiger partial charge in [0.1, 0.15) is 29.7 Å². The van der Waals surface area contributed by atoms with E-state index in [1.54, 1.807) is 5.38 Å². The maximum absolute atomic E-state index is 12.3. The number of nitrogens with one attached hydrogen (secondary N) is 1. The second kappa shape index (κ2) is 7.75. The molecule has 1 saturated heterocycles. The third-order valence-corrected chi connectivity index (χ3v) is 5.79. The van der Waals surface area contributed by atoms with Gasteiger partial charge in [0, 0.05) is 19.5 Å². The van der Waals surface area contributed by atoms with Gasteiger partial charge in [-0.15, -0.1) is 11.3 Å². The molecule has 4 atom stereocenters. The van der Waals surface area contributed by atoms with E-state index in [0.717, 1.165) is 4.57 Å². The number of amides is 1. The van der Waals surface area contributed by atoms with E-state index >= 15 is 0 Å². The first kappa shape index (κ1) is 20.4. The Labute approximate surface area is 173 Å². The van der Waals surface area contributed by atoms with Gasteiger partial charge < -0.3 is 24.8 Å². The highest BCUT2D eigenvalue weighted by molar-refractivity contribution is 7.07. The van der Waals surface area contributed by atoms with Crippen LogP contribution < -0.4 is 16.6 Å². The van der Waals surface area contributed by atoms with E-state index < -0.39 is 41.5 Å². The topological polar surface area (TPSA) is 154 Å². The van der Waals surface area contributed by atoms with Crippen LogP contribution in [0.15, 0.2) is 26.8 Å². The summed E-state index contributed by atoms with van der Waals surface area (Å²) in [5.41, 5.74) is 1.09. The molecule has 0 spiro atoms. The molecule has 0 saturated carbocycles. The van der Waals surface area contributed by atoms with Crippen LogP contribution in [0.5, 0.6) is 0 Å². The largest absolute Gasteiger partial charge is 0.388 e. The molecule has 3 N–H and O–H groups in total. The number of aliphatic hydroxyl groups excluding tert-OH is 2. The summed E-state index contributed by atoms with van der Waals surface area (Å²) in [5, 5.41) is 25.2. The minimum atomic E-state index is -1.32. The van der Waals surface area contributed by atoms with Crippen molar-refractivity contribution in [3.05, 3.63) is 43.7 Å². The van der Waals surface area contributed by atoms with Crippen molar-refractivity contribution < 1.29 is 19.7 Å². The zero-order valence-corrected chi connectivity index (χ0v) is 16.9. The average molecular weight is 436 g/mol. The molecule has 1 amide bonds. The van der Waals surface area contributed by atoms with E-state index in [4.69, 9.17) is 4.74 Å². The Bertz CT molecular complexity index is 1200. The molecule has 4 rings (SSSR count). The molecule has 1 aliphatic rings. The lowest BCUT2D eigenvalue weighted by Crippen LogP contribution is -2.60. The Morgan fingerprint density at radius 3 is 2.73 bits per heavy atom. The minimum absolute atomic E-state index is 0.0356. The van der Waals surface area contributed by atoms with Crippen LogP contribution in [-0.2, 0) is 25.4 Å². The lowest BCUT2D eigenvalue weighted by Gasteiger charge is -2.38. The monoisotopic (exact) mass is 436 g/mol. The number of thiazole rings is 1. The van der Waals surface area contributed by atoms with Crippen molar-refractivity contribution in [2.24, 2.45) is 14.1 Å². The Kier molecular flexibility index (Phi) is 5.27. The predicted molar refractivity (Wildman–Crippen MR) is 105 cm³/mol. The summed E-state index contributed by atoms with van der Waals surface area (Å²) in [4.78, 5) is 44.6. The van der Waals surface area contributed by atoms with Crippen LogP contribution in [0.4, 0.5) is 0 Å². The fourth-order valence-corrected chi connectivity index (χ4v) is 4.04. The number of imidazole rings is 1. The molecule has 12 nitrogen and oxygen atoms in total. The summed E-state index contributed by atoms with van der Waals surface area (Å²) in [6.45, 7) is 0.00796. The second-order valence-corrected chi connectivity index (χ2v) is 7.80. The van der Waals surface area contributed by atoms with Gasteiger partial charge in [-0.05, 0) is 0 Å². The number of carbonyl (C=O) groups excluding carboxylic acids is 1. The second-order valence-electron chi connectivity index (χ2n) is 7.08. The Morgan fingerprint density at radius 1 is 1.27 bits per heavy atom. The quantitative estimate of drug-likeness (QED) is 0.417. The van der Waals surface area contributed by atoms with Crippen molar-refractivity contribution in [1.82, 2.24) is 29.0 Å². The zero-order chi connectivity index (χ0) is 21.6. The molecule has 0 bridgehead atoms. The number of hydrogen-bond acceptors (Lipinski definition) is 9. The normalized spacial score (nSPS) is 24.3. The summed E-state index contributed by atoms with van der Waals surface area (Å²) in [5.74, 6) is -0.471. The summed E-state index contributed by atoms with van der Waals surface area (Å²) in [6, 6.07) is -0.818. The van der Waals surface area contributed by atoms with Crippen molar-refractivity contribution in [2.75, 3.05) is 6.61 Å². The van der Waals surface area contributed by atoms with Crippen LogP contribution in [0.1, 0.15) is 10.5 Å². The molecule has 3 aromatic rings. The highest BCUT2D eigenvalue weighted by Gasteiger charge is 2.39. The molecule has 4 heterocycles. The first-order valence-corrected chi connectivity index (χ1v) is 10.0. The molecule has 0 aliphatic carbocycles. The van der Waals surface area contributed by atoms with Crippen molar-refractivity contribution in [3.8, 4) is 0 Å². The average Bonchev–Trinajstić information content (AvgIpc) is 3.40. The maximum Gasteiger partial charge on any atom is 0.332 e. The van der Waals surface area contributed by atoms with E-state index in [2.05, 4.69) is 15.3 Å². The van der Waals surface area contributed by atoms with Gasteiger partial charge in [0.15, 0.2) is 5.52 Å². The van der Waals surface area contributed by atoms with Crippen LogP contribution in [-0.4, -0.2) is 70.8 Å². The Hall–Kier alpha value is -2.87. The van der Waals surface area contributed by atoms with Crippen LogP contribution in [0.2, 0.25) is 0 Å². The first-order chi connectivity index (χ1) is 14.3. The maximum atomic E-state index is 12.3. The molecule has 3 aromatic heterocycles. The molecule has 30 heavy (non-hydrogen) atoms. The van der Waals surface area contributed by atoms with Crippen LogP contribution in [0.3, 0.4) is 0 Å². The molecular weight excluding hydrogens is 416 g/mol. The van der Waals surface area contributed by atoms with E-state index in [1.165, 1.54) is 46.4 Å². The van der Waals surface area contributed by atoms with Gasteiger partial charge in [-0.1, -0.05) is 0 Å². The molecular formula is C17H20N6O6S. The molecule has 13 heteroatoms. The lowest BCUT2D eigenvalue weighted by atomic mass is 9.97. The number of hydrogen-bond donors (Lipinski definition) is 3. The van der Waals surface area contributed by atoms with E-state index in [-0.39, 0.29) is 30.0 Å². The number of aliphatic hydroxyl groups is 2. The third-order valence-electron chi connectivity index (χ3n) is 5.20. The first-order valence-electron chi connectivity index (χ1n) is 9.07. The van der Waals surface area contributed by atoms with Crippen LogP contribution in [0.25, 0.3) is 11.2 Å². The Balaban J connectivity index is 1.53. The third kappa shape index (κ3) is 3.35. The number of ether oxygens (including phenoxy) is 1. The standard InChI is InChI=1S/C17H20N6O6S/c1-21-15-11(16(27)22(2)17(21)28)18-6-23(15)3-10-13(25)12(24)8(4-29-10)20-14(26)9-5-30-7-19-9/h5-8,10,12-13,24-25H,3-4H2,1-2H3,(H,20,26)/t8-,10-,12+,13-/m1/s1. The van der Waals surface area contributed by atoms with Crippen molar-refractivity contribution >= 4 is 28.4 Å². The summed E-state index contributed by atoms with van der Waals surface area (Å²) >= 11 is 1.27. The van der Waals surface area contributed by atoms with E-state index in [1.807, 2.05) is 0 Å². The van der Waals surface area contributed by atoms with Gasteiger partial charge in [0.2, 0.25) is 0 Å². The number of carbonyl (C=O) groups is 1. The van der Waals surface area contributed by atoms with Crippen LogP contribution in [0, 0.1) is 0 Å². The van der Waals surface area contributed by atoms with Gasteiger partial charge in [0.05, 0.1) is 31.0 Å². The zero-order valence-electron chi connectivity index (χ0n) is 16.1. The molecule has 0 radical (unpaired) electrons. The summed E-state index contributed by atoms with van der Waals surface area (Å²) in [6.07, 6.45) is -2.06. The van der Waals surface area contributed by atoms with Gasteiger partial charge in [-0.2, -0.15) is 0 Å². The SMILES string of the molecule is Cn1c(=O)c2ncn(C[C@H]3OC[C@@H](NC(=O)c4cscn4)[C@H](O)[C@@H]3O)c2n(C)c1=O. The van der Waals surface area contributed by atoms with Gasteiger partial charge in [-0.25, -0.2) is 14.8 Å². The molecule has 0 aromatic carbocycles. The highest BCUT2D eigenvalue weighted by Crippen LogP contribution is 2.19.